The summed E-state index contributed by atoms with van der Waals surface area (Å²) >= 11 is 0. The lowest BCUT2D eigenvalue weighted by Crippen LogP contribution is -2.51. The molecule has 2 bridgehead atoms. The summed E-state index contributed by atoms with van der Waals surface area (Å²) in [5.41, 5.74) is -0.397. The van der Waals surface area contributed by atoms with E-state index in [0.717, 1.165) is 44.9 Å². The first-order valence-corrected chi connectivity index (χ1v) is 8.08. The molecule has 2 aliphatic carbocycles. The number of rotatable bonds is 4. The van der Waals surface area contributed by atoms with Crippen LogP contribution in [0.15, 0.2) is 0 Å². The average molecular weight is 293 g/mol. The Morgan fingerprint density at radius 1 is 1.10 bits per heavy atom. The molecule has 5 nitrogen and oxygen atoms in total. The molecule has 1 saturated heterocycles. The van der Waals surface area contributed by atoms with Gasteiger partial charge in [-0.05, 0) is 37.5 Å². The summed E-state index contributed by atoms with van der Waals surface area (Å²) < 4.78 is 0. The fraction of sp³-hybridized carbons (Fsp3) is 0.812. The maximum Gasteiger partial charge on any atom is 0.303 e. The number of fused-ring (bicyclic) bond motifs is 2. The van der Waals surface area contributed by atoms with Crippen LogP contribution < -0.4 is 0 Å². The Morgan fingerprint density at radius 3 is 2.19 bits per heavy atom. The quantitative estimate of drug-likeness (QED) is 0.806. The van der Waals surface area contributed by atoms with E-state index in [1.165, 1.54) is 4.90 Å². The topological polar surface area (TPSA) is 74.7 Å². The first-order chi connectivity index (χ1) is 10.0. The van der Waals surface area contributed by atoms with Crippen molar-refractivity contribution in [3.63, 3.8) is 0 Å². The molecule has 2 amide bonds. The summed E-state index contributed by atoms with van der Waals surface area (Å²) in [7, 11) is 0. The molecule has 2 saturated carbocycles. The minimum absolute atomic E-state index is 0.00170. The van der Waals surface area contributed by atoms with Crippen LogP contribution in [0, 0.1) is 17.3 Å². The van der Waals surface area contributed by atoms with Crippen molar-refractivity contribution >= 4 is 17.8 Å². The highest BCUT2D eigenvalue weighted by molar-refractivity contribution is 6.01. The smallest absolute Gasteiger partial charge is 0.303 e. The Bertz CT molecular complexity index is 445. The van der Waals surface area contributed by atoms with Crippen molar-refractivity contribution in [2.24, 2.45) is 17.3 Å². The van der Waals surface area contributed by atoms with E-state index < -0.39 is 11.4 Å². The molecule has 2 unspecified atom stereocenters. The Labute approximate surface area is 124 Å². The predicted molar refractivity (Wildman–Crippen MR) is 75.3 cm³/mol. The number of amides is 2. The SMILES string of the molecule is O=C(O)CC1(CN2C(=O)C3CCC(C3)C2=O)CCCCC1. The monoisotopic (exact) mass is 293 g/mol. The molecule has 2 atom stereocenters. The number of hydrogen-bond donors (Lipinski definition) is 1. The van der Waals surface area contributed by atoms with E-state index in [9.17, 15) is 19.5 Å². The lowest BCUT2D eigenvalue weighted by molar-refractivity contribution is -0.157. The van der Waals surface area contributed by atoms with Crippen molar-refractivity contribution < 1.29 is 19.5 Å². The van der Waals surface area contributed by atoms with Gasteiger partial charge in [0.15, 0.2) is 0 Å². The zero-order valence-electron chi connectivity index (χ0n) is 12.3. The van der Waals surface area contributed by atoms with Crippen LogP contribution in [-0.4, -0.2) is 34.3 Å². The third-order valence-electron chi connectivity index (χ3n) is 5.60. The second-order valence-electron chi connectivity index (χ2n) is 7.10. The van der Waals surface area contributed by atoms with Gasteiger partial charge in [0.2, 0.25) is 11.8 Å². The lowest BCUT2D eigenvalue weighted by atomic mass is 9.71. The van der Waals surface area contributed by atoms with Crippen LogP contribution in [0.2, 0.25) is 0 Å². The Kier molecular flexibility index (Phi) is 3.76. The number of nitrogens with zero attached hydrogens (tertiary/aromatic N) is 1. The van der Waals surface area contributed by atoms with Crippen LogP contribution in [0.5, 0.6) is 0 Å². The number of aliphatic carboxylic acids is 1. The molecule has 0 aromatic heterocycles. The minimum Gasteiger partial charge on any atom is -0.481 e. The van der Waals surface area contributed by atoms with E-state index in [2.05, 4.69) is 0 Å². The van der Waals surface area contributed by atoms with Crippen molar-refractivity contribution in [3.05, 3.63) is 0 Å². The summed E-state index contributed by atoms with van der Waals surface area (Å²) in [6, 6.07) is 0. The van der Waals surface area contributed by atoms with E-state index in [1.54, 1.807) is 0 Å². The van der Waals surface area contributed by atoms with E-state index in [1.807, 2.05) is 0 Å². The first-order valence-electron chi connectivity index (χ1n) is 8.08. The molecular formula is C16H23NO4. The molecule has 0 radical (unpaired) electrons. The zero-order chi connectivity index (χ0) is 15.0. The molecule has 3 fully saturated rings. The number of piperidine rings is 1. The van der Waals surface area contributed by atoms with Crippen LogP contribution in [0.3, 0.4) is 0 Å². The largest absolute Gasteiger partial charge is 0.481 e. The number of carbonyl (C=O) groups excluding carboxylic acids is 2. The number of likely N-dealkylation sites (tertiary alicyclic amines) is 1. The van der Waals surface area contributed by atoms with Crippen LogP contribution >= 0.6 is 0 Å². The number of imide groups is 1. The molecule has 116 valence electrons. The maximum atomic E-state index is 12.5. The zero-order valence-corrected chi connectivity index (χ0v) is 12.3. The summed E-state index contributed by atoms with van der Waals surface area (Å²) in [6.07, 6.45) is 7.15. The summed E-state index contributed by atoms with van der Waals surface area (Å²) in [5.74, 6) is -0.929. The first kappa shape index (κ1) is 14.5. The highest BCUT2D eigenvalue weighted by Crippen LogP contribution is 2.44. The van der Waals surface area contributed by atoms with Gasteiger partial charge in [0.1, 0.15) is 0 Å². The molecule has 0 aromatic carbocycles. The highest BCUT2D eigenvalue weighted by Gasteiger charge is 2.48. The van der Waals surface area contributed by atoms with Crippen molar-refractivity contribution in [2.45, 2.75) is 57.8 Å². The van der Waals surface area contributed by atoms with Crippen LogP contribution in [0.1, 0.15) is 57.8 Å². The number of hydrogen-bond acceptors (Lipinski definition) is 3. The van der Waals surface area contributed by atoms with E-state index in [4.69, 9.17) is 0 Å². The normalized spacial score (nSPS) is 31.5. The molecule has 1 N–H and O–H groups in total. The third kappa shape index (κ3) is 2.70. The van der Waals surface area contributed by atoms with Gasteiger partial charge in [0.25, 0.3) is 0 Å². The molecule has 21 heavy (non-hydrogen) atoms. The van der Waals surface area contributed by atoms with Gasteiger partial charge in [-0.15, -0.1) is 0 Å². The summed E-state index contributed by atoms with van der Waals surface area (Å²) in [5, 5.41) is 9.22. The second kappa shape index (κ2) is 5.43. The second-order valence-corrected chi connectivity index (χ2v) is 7.10. The van der Waals surface area contributed by atoms with Gasteiger partial charge in [0.05, 0.1) is 6.42 Å². The fourth-order valence-electron chi connectivity index (χ4n) is 4.48. The molecule has 1 aliphatic heterocycles. The predicted octanol–water partition coefficient (Wildman–Crippen LogP) is 2.20. The van der Waals surface area contributed by atoms with Gasteiger partial charge in [-0.2, -0.15) is 0 Å². The molecule has 3 aliphatic rings. The van der Waals surface area contributed by atoms with Crippen molar-refractivity contribution in [3.8, 4) is 0 Å². The van der Waals surface area contributed by atoms with Crippen molar-refractivity contribution in [1.82, 2.24) is 4.90 Å². The molecule has 5 heteroatoms. The summed E-state index contributed by atoms with van der Waals surface area (Å²) in [6.45, 7) is 0.323. The van der Waals surface area contributed by atoms with Gasteiger partial charge in [0, 0.05) is 18.4 Å². The maximum absolute atomic E-state index is 12.5. The van der Waals surface area contributed by atoms with E-state index in [-0.39, 0.29) is 30.1 Å². The molecule has 0 spiro atoms. The standard InChI is InChI=1S/C16H23NO4/c18-13(19)9-16(6-2-1-3-7-16)10-17-14(20)11-4-5-12(8-11)15(17)21/h11-12H,1-10H2,(H,18,19). The van der Waals surface area contributed by atoms with Gasteiger partial charge in [-0.25, -0.2) is 0 Å². The van der Waals surface area contributed by atoms with Crippen LogP contribution in [-0.2, 0) is 14.4 Å². The Hall–Kier alpha value is -1.39. The van der Waals surface area contributed by atoms with Crippen LogP contribution in [0.25, 0.3) is 0 Å². The van der Waals surface area contributed by atoms with Crippen LogP contribution in [0.4, 0.5) is 0 Å². The molecule has 0 aromatic rings. The van der Waals surface area contributed by atoms with Gasteiger partial charge < -0.3 is 5.11 Å². The fourth-order valence-corrected chi connectivity index (χ4v) is 4.48. The Morgan fingerprint density at radius 2 is 1.67 bits per heavy atom. The van der Waals surface area contributed by atoms with E-state index in [0.29, 0.717) is 13.0 Å². The van der Waals surface area contributed by atoms with Crippen molar-refractivity contribution in [2.75, 3.05) is 6.54 Å². The Balaban J connectivity index is 1.80. The molecular weight excluding hydrogens is 270 g/mol. The summed E-state index contributed by atoms with van der Waals surface area (Å²) in [4.78, 5) is 37.6. The van der Waals surface area contributed by atoms with E-state index >= 15 is 0 Å². The lowest BCUT2D eigenvalue weighted by Gasteiger charge is -2.41. The number of carbonyl (C=O) groups is 3. The van der Waals surface area contributed by atoms with Gasteiger partial charge >= 0.3 is 5.97 Å². The third-order valence-corrected chi connectivity index (χ3v) is 5.60. The minimum atomic E-state index is -0.822. The molecule has 1 heterocycles. The van der Waals surface area contributed by atoms with Gasteiger partial charge in [-0.3, -0.25) is 19.3 Å². The average Bonchev–Trinajstić information content (AvgIpc) is 2.89. The number of carboxylic acid groups (broad SMARTS) is 1. The van der Waals surface area contributed by atoms with Gasteiger partial charge in [-0.1, -0.05) is 19.3 Å². The highest BCUT2D eigenvalue weighted by atomic mass is 16.4. The molecule has 3 rings (SSSR count). The van der Waals surface area contributed by atoms with Crippen molar-refractivity contribution in [1.29, 1.82) is 0 Å². The number of carboxylic acids is 1.